The van der Waals surface area contributed by atoms with Gasteiger partial charge in [0, 0.05) is 17.5 Å². The molecule has 1 aliphatic heterocycles. The molecule has 1 aliphatic rings. The molecule has 0 saturated carbocycles. The average molecular weight is 329 g/mol. The number of rotatable bonds is 3. The molecular formula is C16H15N3O3S. The van der Waals surface area contributed by atoms with E-state index in [4.69, 9.17) is 0 Å². The maximum absolute atomic E-state index is 12.5. The average Bonchev–Trinajstić information content (AvgIpc) is 3.07. The van der Waals surface area contributed by atoms with Gasteiger partial charge in [-0.15, -0.1) is 11.8 Å². The summed E-state index contributed by atoms with van der Waals surface area (Å²) in [6.07, 6.45) is 1.49. The van der Waals surface area contributed by atoms with Crippen LogP contribution in [0.2, 0.25) is 0 Å². The van der Waals surface area contributed by atoms with E-state index in [-0.39, 0.29) is 23.1 Å². The zero-order chi connectivity index (χ0) is 16.2. The number of nitrogens with zero attached hydrogens (tertiary/aromatic N) is 1. The van der Waals surface area contributed by atoms with Crippen LogP contribution >= 0.6 is 11.8 Å². The van der Waals surface area contributed by atoms with Crippen molar-refractivity contribution in [2.45, 2.75) is 6.04 Å². The van der Waals surface area contributed by atoms with E-state index in [1.54, 1.807) is 30.3 Å². The summed E-state index contributed by atoms with van der Waals surface area (Å²) < 4.78 is 0. The Kier molecular flexibility index (Phi) is 4.47. The summed E-state index contributed by atoms with van der Waals surface area (Å²) in [5, 5.41) is 2.60. The van der Waals surface area contributed by atoms with Gasteiger partial charge in [-0.05, 0) is 24.3 Å². The van der Waals surface area contributed by atoms with Crippen molar-refractivity contribution in [3.63, 3.8) is 0 Å². The van der Waals surface area contributed by atoms with Crippen molar-refractivity contribution in [3.8, 4) is 0 Å². The molecule has 0 radical (unpaired) electrons. The molecular weight excluding hydrogens is 314 g/mol. The van der Waals surface area contributed by atoms with Gasteiger partial charge in [0.25, 0.3) is 11.5 Å². The van der Waals surface area contributed by atoms with E-state index < -0.39 is 6.04 Å². The third-order valence-corrected chi connectivity index (χ3v) is 4.55. The fourth-order valence-electron chi connectivity index (χ4n) is 2.34. The first-order valence-electron chi connectivity index (χ1n) is 7.09. The number of amides is 2. The molecule has 6 nitrogen and oxygen atoms in total. The quantitative estimate of drug-likeness (QED) is 0.895. The largest absolute Gasteiger partial charge is 0.327 e. The number of benzene rings is 1. The van der Waals surface area contributed by atoms with Crippen LogP contribution in [0.5, 0.6) is 0 Å². The first-order valence-corrected chi connectivity index (χ1v) is 8.24. The molecule has 1 aromatic heterocycles. The number of nitrogens with one attached hydrogen (secondary N) is 2. The molecule has 2 heterocycles. The van der Waals surface area contributed by atoms with E-state index >= 15 is 0 Å². The number of thioether (sulfide) groups is 1. The third-order valence-electron chi connectivity index (χ3n) is 3.54. The van der Waals surface area contributed by atoms with Crippen LogP contribution in [0, 0.1) is 0 Å². The number of aromatic amines is 1. The van der Waals surface area contributed by atoms with Gasteiger partial charge in [0.1, 0.15) is 11.7 Å². The van der Waals surface area contributed by atoms with E-state index in [9.17, 15) is 14.4 Å². The second-order valence-corrected chi connectivity index (χ2v) is 6.06. The third kappa shape index (κ3) is 3.29. The first kappa shape index (κ1) is 15.4. The topological polar surface area (TPSA) is 82.3 Å². The molecule has 2 aromatic rings. The molecule has 1 saturated heterocycles. The zero-order valence-electron chi connectivity index (χ0n) is 12.2. The highest BCUT2D eigenvalue weighted by Gasteiger charge is 2.35. The van der Waals surface area contributed by atoms with Crippen LogP contribution in [-0.2, 0) is 4.79 Å². The summed E-state index contributed by atoms with van der Waals surface area (Å²) in [6, 6.07) is 11.4. The number of hydrogen-bond acceptors (Lipinski definition) is 4. The van der Waals surface area contributed by atoms with E-state index in [0.29, 0.717) is 17.2 Å². The lowest BCUT2D eigenvalue weighted by atomic mass is 10.1. The minimum atomic E-state index is -0.590. The minimum absolute atomic E-state index is 0.182. The minimum Gasteiger partial charge on any atom is -0.327 e. The normalized spacial score (nSPS) is 17.0. The number of carbonyl (C=O) groups excluding carboxylic acids is 2. The van der Waals surface area contributed by atoms with Crippen LogP contribution < -0.4 is 10.9 Å². The maximum Gasteiger partial charge on any atom is 0.271 e. The molecule has 1 atom stereocenters. The van der Waals surface area contributed by atoms with Gasteiger partial charge < -0.3 is 15.2 Å². The molecule has 0 spiro atoms. The Morgan fingerprint density at radius 1 is 1.17 bits per heavy atom. The van der Waals surface area contributed by atoms with Crippen LogP contribution in [0.1, 0.15) is 10.4 Å². The van der Waals surface area contributed by atoms with Crippen LogP contribution in [0.15, 0.2) is 53.5 Å². The molecule has 1 aromatic carbocycles. The molecule has 23 heavy (non-hydrogen) atoms. The van der Waals surface area contributed by atoms with Gasteiger partial charge in [0.15, 0.2) is 0 Å². The van der Waals surface area contributed by atoms with Gasteiger partial charge in [-0.2, -0.15) is 0 Å². The molecule has 2 N–H and O–H groups in total. The molecule has 1 fully saturated rings. The monoisotopic (exact) mass is 329 g/mol. The number of hydrogen-bond donors (Lipinski definition) is 2. The van der Waals surface area contributed by atoms with Gasteiger partial charge in [-0.3, -0.25) is 14.4 Å². The Labute approximate surface area is 136 Å². The second kappa shape index (κ2) is 6.70. The molecule has 3 rings (SSSR count). The predicted molar refractivity (Wildman–Crippen MR) is 89.4 cm³/mol. The number of carbonyl (C=O) groups is 2. The van der Waals surface area contributed by atoms with Crippen molar-refractivity contribution in [1.29, 1.82) is 0 Å². The van der Waals surface area contributed by atoms with E-state index in [1.807, 2.05) is 6.07 Å². The standard InChI is InChI=1S/C16H15N3O3S/c20-14-12(7-4-8-17-14)18-15(21)13-9-23-10-19(13)16(22)11-5-2-1-3-6-11/h1-8,13H,9-10H2,(H,17,20)(H,18,21)/t13-/m1/s1. The summed E-state index contributed by atoms with van der Waals surface area (Å²) in [5.41, 5.74) is 0.360. The molecule has 7 heteroatoms. The molecule has 0 aliphatic carbocycles. The Morgan fingerprint density at radius 2 is 1.96 bits per heavy atom. The van der Waals surface area contributed by atoms with E-state index in [1.165, 1.54) is 28.9 Å². The van der Waals surface area contributed by atoms with E-state index in [0.717, 1.165) is 0 Å². The summed E-state index contributed by atoms with van der Waals surface area (Å²) in [4.78, 5) is 40.7. The smallest absolute Gasteiger partial charge is 0.271 e. The van der Waals surface area contributed by atoms with Crippen LogP contribution in [0.25, 0.3) is 0 Å². The lowest BCUT2D eigenvalue weighted by Crippen LogP contribution is -2.45. The highest BCUT2D eigenvalue weighted by atomic mass is 32.2. The van der Waals surface area contributed by atoms with Crippen LogP contribution in [0.3, 0.4) is 0 Å². The van der Waals surface area contributed by atoms with Gasteiger partial charge in [0.2, 0.25) is 5.91 Å². The Balaban J connectivity index is 1.76. The summed E-state index contributed by atoms with van der Waals surface area (Å²) >= 11 is 1.51. The van der Waals surface area contributed by atoms with E-state index in [2.05, 4.69) is 10.3 Å². The van der Waals surface area contributed by atoms with Crippen molar-refractivity contribution >= 4 is 29.3 Å². The van der Waals surface area contributed by atoms with Crippen LogP contribution in [0.4, 0.5) is 5.69 Å². The van der Waals surface area contributed by atoms with Crippen molar-refractivity contribution in [2.24, 2.45) is 0 Å². The Hall–Kier alpha value is -2.54. The van der Waals surface area contributed by atoms with Crippen molar-refractivity contribution < 1.29 is 9.59 Å². The zero-order valence-corrected chi connectivity index (χ0v) is 13.0. The summed E-state index contributed by atoms with van der Waals surface area (Å²) in [7, 11) is 0. The lowest BCUT2D eigenvalue weighted by molar-refractivity contribution is -0.119. The van der Waals surface area contributed by atoms with Crippen molar-refractivity contribution in [3.05, 3.63) is 64.6 Å². The Bertz CT molecular complexity index is 775. The molecule has 2 amide bonds. The molecule has 118 valence electrons. The molecule has 0 bridgehead atoms. The highest BCUT2D eigenvalue weighted by molar-refractivity contribution is 7.99. The maximum atomic E-state index is 12.5. The molecule has 0 unspecified atom stereocenters. The van der Waals surface area contributed by atoms with Crippen molar-refractivity contribution in [1.82, 2.24) is 9.88 Å². The Morgan fingerprint density at radius 3 is 2.70 bits per heavy atom. The van der Waals surface area contributed by atoms with Gasteiger partial charge in [-0.1, -0.05) is 18.2 Å². The number of H-pyrrole nitrogens is 1. The number of aromatic nitrogens is 1. The van der Waals surface area contributed by atoms with Gasteiger partial charge in [-0.25, -0.2) is 0 Å². The second-order valence-electron chi connectivity index (χ2n) is 5.06. The fraction of sp³-hybridized carbons (Fsp3) is 0.188. The lowest BCUT2D eigenvalue weighted by Gasteiger charge is -2.23. The summed E-state index contributed by atoms with van der Waals surface area (Å²) in [5.74, 6) is 0.431. The predicted octanol–water partition coefficient (Wildman–Crippen LogP) is 1.53. The SMILES string of the molecule is O=C(Nc1ccc[nH]c1=O)[C@H]1CSCN1C(=O)c1ccccc1. The number of anilines is 1. The van der Waals surface area contributed by atoms with Crippen molar-refractivity contribution in [2.75, 3.05) is 16.9 Å². The highest BCUT2D eigenvalue weighted by Crippen LogP contribution is 2.24. The van der Waals surface area contributed by atoms with Gasteiger partial charge in [0.05, 0.1) is 5.88 Å². The fourth-order valence-corrected chi connectivity index (χ4v) is 3.50. The first-order chi connectivity index (χ1) is 11.2. The number of pyridine rings is 1. The summed E-state index contributed by atoms with van der Waals surface area (Å²) in [6.45, 7) is 0. The van der Waals surface area contributed by atoms with Gasteiger partial charge >= 0.3 is 0 Å². The van der Waals surface area contributed by atoms with Crippen LogP contribution in [-0.4, -0.2) is 39.4 Å².